The number of thiazole rings is 1. The fraction of sp³-hybridized carbons (Fsp3) is 0.545. The Labute approximate surface area is 94.4 Å². The SMILES string of the molecule is Cc1nc(CC2=CC(N)CNC2)sc1C. The maximum Gasteiger partial charge on any atom is 0.0971 e. The van der Waals surface area contributed by atoms with Crippen LogP contribution in [0.25, 0.3) is 0 Å². The smallest absolute Gasteiger partial charge is 0.0971 e. The van der Waals surface area contributed by atoms with Gasteiger partial charge in [0.2, 0.25) is 0 Å². The van der Waals surface area contributed by atoms with Crippen molar-refractivity contribution in [3.63, 3.8) is 0 Å². The molecule has 3 N–H and O–H groups in total. The van der Waals surface area contributed by atoms with Crippen molar-refractivity contribution in [2.24, 2.45) is 5.73 Å². The quantitative estimate of drug-likeness (QED) is 0.740. The molecule has 15 heavy (non-hydrogen) atoms. The molecule has 0 aromatic carbocycles. The van der Waals surface area contributed by atoms with E-state index in [9.17, 15) is 0 Å². The Hall–Kier alpha value is -0.710. The topological polar surface area (TPSA) is 50.9 Å². The van der Waals surface area contributed by atoms with Crippen LogP contribution in [-0.2, 0) is 6.42 Å². The molecule has 4 heteroatoms. The molecule has 0 spiro atoms. The van der Waals surface area contributed by atoms with Crippen molar-refractivity contribution in [1.29, 1.82) is 0 Å². The molecule has 0 radical (unpaired) electrons. The van der Waals surface area contributed by atoms with Crippen molar-refractivity contribution in [1.82, 2.24) is 10.3 Å². The Bertz CT molecular complexity index is 362. The predicted octanol–water partition coefficient (Wildman–Crippen LogP) is 1.16. The van der Waals surface area contributed by atoms with Crippen molar-refractivity contribution in [2.45, 2.75) is 26.3 Å². The van der Waals surface area contributed by atoms with Crippen molar-refractivity contribution >= 4 is 11.3 Å². The van der Waals surface area contributed by atoms with E-state index in [1.807, 2.05) is 0 Å². The molecule has 1 aromatic rings. The van der Waals surface area contributed by atoms with Crippen LogP contribution < -0.4 is 11.1 Å². The summed E-state index contributed by atoms with van der Waals surface area (Å²) < 4.78 is 0. The van der Waals surface area contributed by atoms with Gasteiger partial charge in [0, 0.05) is 30.4 Å². The molecule has 0 amide bonds. The van der Waals surface area contributed by atoms with Crippen molar-refractivity contribution in [3.05, 3.63) is 27.2 Å². The molecule has 0 saturated carbocycles. The van der Waals surface area contributed by atoms with Gasteiger partial charge in [0.15, 0.2) is 0 Å². The highest BCUT2D eigenvalue weighted by Crippen LogP contribution is 2.19. The molecule has 82 valence electrons. The Balaban J connectivity index is 2.08. The number of aryl methyl sites for hydroxylation is 2. The third kappa shape index (κ3) is 2.65. The number of nitrogens with two attached hydrogens (primary N) is 1. The summed E-state index contributed by atoms with van der Waals surface area (Å²) in [7, 11) is 0. The van der Waals surface area contributed by atoms with Gasteiger partial charge in [-0.2, -0.15) is 0 Å². The van der Waals surface area contributed by atoms with Gasteiger partial charge in [-0.3, -0.25) is 0 Å². The van der Waals surface area contributed by atoms with E-state index in [2.05, 4.69) is 30.2 Å². The van der Waals surface area contributed by atoms with E-state index >= 15 is 0 Å². The molecule has 2 rings (SSSR count). The average Bonchev–Trinajstić information content (AvgIpc) is 2.45. The zero-order valence-corrected chi connectivity index (χ0v) is 10.0. The fourth-order valence-electron chi connectivity index (χ4n) is 1.75. The maximum absolute atomic E-state index is 5.86. The van der Waals surface area contributed by atoms with Gasteiger partial charge in [-0.1, -0.05) is 11.6 Å². The lowest BCUT2D eigenvalue weighted by Gasteiger charge is -2.18. The van der Waals surface area contributed by atoms with Crippen molar-refractivity contribution < 1.29 is 0 Å². The predicted molar refractivity (Wildman–Crippen MR) is 64.2 cm³/mol. The molecular formula is C11H17N3S. The van der Waals surface area contributed by atoms with Gasteiger partial charge in [0.25, 0.3) is 0 Å². The summed E-state index contributed by atoms with van der Waals surface area (Å²) in [5, 5.41) is 4.51. The molecule has 3 nitrogen and oxygen atoms in total. The van der Waals surface area contributed by atoms with Gasteiger partial charge in [-0.25, -0.2) is 4.98 Å². The summed E-state index contributed by atoms with van der Waals surface area (Å²) in [6, 6.07) is 0.163. The molecule has 2 heterocycles. The Morgan fingerprint density at radius 1 is 1.60 bits per heavy atom. The summed E-state index contributed by atoms with van der Waals surface area (Å²) >= 11 is 1.79. The van der Waals surface area contributed by atoms with Gasteiger partial charge in [0.05, 0.1) is 10.7 Å². The number of nitrogens with one attached hydrogen (secondary N) is 1. The zero-order chi connectivity index (χ0) is 10.8. The summed E-state index contributed by atoms with van der Waals surface area (Å²) in [5.74, 6) is 0. The van der Waals surface area contributed by atoms with Gasteiger partial charge in [-0.05, 0) is 13.8 Å². The largest absolute Gasteiger partial charge is 0.323 e. The summed E-state index contributed by atoms with van der Waals surface area (Å²) in [5.41, 5.74) is 8.38. The lowest BCUT2D eigenvalue weighted by Crippen LogP contribution is -2.38. The monoisotopic (exact) mass is 223 g/mol. The molecule has 0 aliphatic carbocycles. The van der Waals surface area contributed by atoms with E-state index in [0.717, 1.165) is 25.2 Å². The first-order valence-electron chi connectivity index (χ1n) is 5.24. The van der Waals surface area contributed by atoms with Gasteiger partial charge >= 0.3 is 0 Å². The number of hydrogen-bond acceptors (Lipinski definition) is 4. The first-order chi connectivity index (χ1) is 7.15. The van der Waals surface area contributed by atoms with Crippen LogP contribution in [-0.4, -0.2) is 24.1 Å². The zero-order valence-electron chi connectivity index (χ0n) is 9.21. The summed E-state index contributed by atoms with van der Waals surface area (Å²) in [6.07, 6.45) is 3.11. The molecule has 1 aliphatic rings. The molecule has 1 atom stereocenters. The van der Waals surface area contributed by atoms with E-state index in [4.69, 9.17) is 5.73 Å². The Morgan fingerprint density at radius 2 is 2.40 bits per heavy atom. The number of nitrogens with zero attached hydrogens (tertiary/aromatic N) is 1. The lowest BCUT2D eigenvalue weighted by atomic mass is 10.1. The molecule has 1 aliphatic heterocycles. The standard InChI is InChI=1S/C11H17N3S/c1-7-8(2)15-11(14-7)4-9-3-10(12)6-13-5-9/h3,10,13H,4-6,12H2,1-2H3. The average molecular weight is 223 g/mol. The maximum atomic E-state index is 5.86. The second-order valence-corrected chi connectivity index (χ2v) is 5.33. The van der Waals surface area contributed by atoms with Crippen LogP contribution in [0.15, 0.2) is 11.6 Å². The normalized spacial score (nSPS) is 21.5. The van der Waals surface area contributed by atoms with Crippen molar-refractivity contribution in [2.75, 3.05) is 13.1 Å². The minimum atomic E-state index is 0.163. The van der Waals surface area contributed by atoms with E-state index in [1.54, 1.807) is 11.3 Å². The third-order valence-corrected chi connectivity index (χ3v) is 3.71. The summed E-state index contributed by atoms with van der Waals surface area (Å²) in [4.78, 5) is 5.86. The second kappa shape index (κ2) is 4.43. The molecule has 0 saturated heterocycles. The van der Waals surface area contributed by atoms with Crippen LogP contribution in [0.2, 0.25) is 0 Å². The van der Waals surface area contributed by atoms with Crippen molar-refractivity contribution in [3.8, 4) is 0 Å². The highest BCUT2D eigenvalue weighted by atomic mass is 32.1. The highest BCUT2D eigenvalue weighted by molar-refractivity contribution is 7.11. The van der Waals surface area contributed by atoms with Crippen LogP contribution in [0.5, 0.6) is 0 Å². The van der Waals surface area contributed by atoms with E-state index in [-0.39, 0.29) is 6.04 Å². The van der Waals surface area contributed by atoms with Gasteiger partial charge in [0.1, 0.15) is 0 Å². The number of rotatable bonds is 2. The van der Waals surface area contributed by atoms with Gasteiger partial charge in [-0.15, -0.1) is 11.3 Å². The minimum Gasteiger partial charge on any atom is -0.323 e. The Kier molecular flexibility index (Phi) is 3.19. The van der Waals surface area contributed by atoms with Crippen LogP contribution >= 0.6 is 11.3 Å². The van der Waals surface area contributed by atoms with Gasteiger partial charge < -0.3 is 11.1 Å². The Morgan fingerprint density at radius 3 is 3.00 bits per heavy atom. The minimum absolute atomic E-state index is 0.163. The molecule has 1 unspecified atom stereocenters. The second-order valence-electron chi connectivity index (χ2n) is 4.05. The van der Waals surface area contributed by atoms with E-state index in [1.165, 1.54) is 15.5 Å². The van der Waals surface area contributed by atoms with Crippen LogP contribution in [0, 0.1) is 13.8 Å². The molecule has 1 aromatic heterocycles. The molecule has 0 bridgehead atoms. The van der Waals surface area contributed by atoms with E-state index < -0.39 is 0 Å². The fourth-order valence-corrected chi connectivity index (χ4v) is 2.74. The highest BCUT2D eigenvalue weighted by Gasteiger charge is 2.11. The van der Waals surface area contributed by atoms with Crippen LogP contribution in [0.4, 0.5) is 0 Å². The van der Waals surface area contributed by atoms with Crippen LogP contribution in [0.3, 0.4) is 0 Å². The summed E-state index contributed by atoms with van der Waals surface area (Å²) in [6.45, 7) is 6.02. The third-order valence-electron chi connectivity index (χ3n) is 2.63. The van der Waals surface area contributed by atoms with Crippen LogP contribution in [0.1, 0.15) is 15.6 Å². The molecular weight excluding hydrogens is 206 g/mol. The number of hydrogen-bond donors (Lipinski definition) is 2. The lowest BCUT2D eigenvalue weighted by molar-refractivity contribution is 0.626. The number of aromatic nitrogens is 1. The van der Waals surface area contributed by atoms with E-state index in [0.29, 0.717) is 0 Å². The first kappa shape index (κ1) is 10.8. The first-order valence-corrected chi connectivity index (χ1v) is 6.05. The molecule has 0 fully saturated rings.